The Morgan fingerprint density at radius 1 is 1.00 bits per heavy atom. The number of nitrogens with zero attached hydrogens (tertiary/aromatic N) is 2. The molecule has 0 amide bonds. The van der Waals surface area contributed by atoms with Gasteiger partial charge in [-0.25, -0.2) is 0 Å². The summed E-state index contributed by atoms with van der Waals surface area (Å²) in [6, 6.07) is 5.86. The second-order valence-electron chi connectivity index (χ2n) is 5.09. The van der Waals surface area contributed by atoms with E-state index < -0.39 is 12.7 Å². The van der Waals surface area contributed by atoms with E-state index in [0.717, 1.165) is 26.9 Å². The summed E-state index contributed by atoms with van der Waals surface area (Å²) in [4.78, 5) is 0. The Bertz CT molecular complexity index is 619. The molecule has 20 heavy (non-hydrogen) atoms. The lowest BCUT2D eigenvalue weighted by Gasteiger charge is -2.11. The van der Waals surface area contributed by atoms with Crippen LogP contribution < -0.4 is 0 Å². The highest BCUT2D eigenvalue weighted by molar-refractivity contribution is 5.74. The van der Waals surface area contributed by atoms with Crippen molar-refractivity contribution in [2.75, 3.05) is 0 Å². The summed E-state index contributed by atoms with van der Waals surface area (Å²) in [5, 5.41) is 4.05. The molecule has 0 spiro atoms. The number of aromatic nitrogens is 2. The second kappa shape index (κ2) is 4.96. The molecule has 0 bridgehead atoms. The first-order valence-electron chi connectivity index (χ1n) is 6.38. The first-order chi connectivity index (χ1) is 9.20. The molecule has 0 fully saturated rings. The van der Waals surface area contributed by atoms with Gasteiger partial charge in [0.2, 0.25) is 0 Å². The summed E-state index contributed by atoms with van der Waals surface area (Å²) >= 11 is 0. The average Bonchev–Trinajstić information content (AvgIpc) is 2.54. The van der Waals surface area contributed by atoms with E-state index in [-0.39, 0.29) is 0 Å². The smallest absolute Gasteiger partial charge is 0.260 e. The largest absolute Gasteiger partial charge is 0.408 e. The van der Waals surface area contributed by atoms with Crippen molar-refractivity contribution >= 4 is 0 Å². The van der Waals surface area contributed by atoms with Gasteiger partial charge in [-0.1, -0.05) is 18.2 Å². The highest BCUT2D eigenvalue weighted by Crippen LogP contribution is 2.33. The standard InChI is InChI=1S/C15H17F3N2/c1-9-6-5-7-10(2)13(9)14-11(3)19-20(12(14)4)8-15(16,17)18/h5-7H,8H2,1-4H3. The fourth-order valence-corrected chi connectivity index (χ4v) is 2.59. The van der Waals surface area contributed by atoms with Crippen molar-refractivity contribution in [1.29, 1.82) is 0 Å². The van der Waals surface area contributed by atoms with Crippen LogP contribution in [0.25, 0.3) is 11.1 Å². The summed E-state index contributed by atoms with van der Waals surface area (Å²) < 4.78 is 38.7. The molecule has 0 unspecified atom stereocenters. The first kappa shape index (κ1) is 14.6. The molecule has 1 aromatic heterocycles. The van der Waals surface area contributed by atoms with Crippen molar-refractivity contribution < 1.29 is 13.2 Å². The van der Waals surface area contributed by atoms with Crippen LogP contribution in [0.2, 0.25) is 0 Å². The number of aryl methyl sites for hydroxylation is 3. The Hall–Kier alpha value is -1.78. The van der Waals surface area contributed by atoms with Gasteiger partial charge in [-0.3, -0.25) is 4.68 Å². The van der Waals surface area contributed by atoms with Crippen molar-refractivity contribution in [1.82, 2.24) is 9.78 Å². The number of halogens is 3. The third-order valence-electron chi connectivity index (χ3n) is 3.44. The van der Waals surface area contributed by atoms with Crippen LogP contribution >= 0.6 is 0 Å². The molecule has 5 heteroatoms. The fourth-order valence-electron chi connectivity index (χ4n) is 2.59. The zero-order valence-corrected chi connectivity index (χ0v) is 12.0. The number of hydrogen-bond donors (Lipinski definition) is 0. The topological polar surface area (TPSA) is 17.8 Å². The van der Waals surface area contributed by atoms with Crippen LogP contribution in [-0.4, -0.2) is 16.0 Å². The number of hydrogen-bond acceptors (Lipinski definition) is 1. The quantitative estimate of drug-likeness (QED) is 0.801. The first-order valence-corrected chi connectivity index (χ1v) is 6.38. The monoisotopic (exact) mass is 282 g/mol. The molecule has 0 aliphatic heterocycles. The highest BCUT2D eigenvalue weighted by atomic mass is 19.4. The second-order valence-corrected chi connectivity index (χ2v) is 5.09. The van der Waals surface area contributed by atoms with Gasteiger partial charge in [0.05, 0.1) is 5.69 Å². The van der Waals surface area contributed by atoms with Crippen LogP contribution in [0.5, 0.6) is 0 Å². The van der Waals surface area contributed by atoms with Crippen molar-refractivity contribution in [3.63, 3.8) is 0 Å². The Kier molecular flexibility index (Phi) is 3.63. The Morgan fingerprint density at radius 3 is 2.05 bits per heavy atom. The van der Waals surface area contributed by atoms with E-state index in [2.05, 4.69) is 5.10 Å². The van der Waals surface area contributed by atoms with Crippen molar-refractivity contribution in [3.05, 3.63) is 40.7 Å². The fraction of sp³-hybridized carbons (Fsp3) is 0.400. The van der Waals surface area contributed by atoms with Gasteiger partial charge in [-0.2, -0.15) is 18.3 Å². The van der Waals surface area contributed by atoms with E-state index in [1.807, 2.05) is 32.0 Å². The molecule has 108 valence electrons. The molecule has 0 aliphatic carbocycles. The zero-order chi connectivity index (χ0) is 15.1. The van der Waals surface area contributed by atoms with Crippen molar-refractivity contribution in [3.8, 4) is 11.1 Å². The van der Waals surface area contributed by atoms with Gasteiger partial charge in [0.15, 0.2) is 0 Å². The van der Waals surface area contributed by atoms with Crippen LogP contribution in [0.1, 0.15) is 22.5 Å². The molecule has 2 nitrogen and oxygen atoms in total. The van der Waals surface area contributed by atoms with E-state index in [1.54, 1.807) is 13.8 Å². The number of benzene rings is 1. The lowest BCUT2D eigenvalue weighted by molar-refractivity contribution is -0.142. The van der Waals surface area contributed by atoms with Gasteiger partial charge in [-0.05, 0) is 44.4 Å². The highest BCUT2D eigenvalue weighted by Gasteiger charge is 2.30. The summed E-state index contributed by atoms with van der Waals surface area (Å²) in [5.74, 6) is 0. The molecule has 0 atom stereocenters. The van der Waals surface area contributed by atoms with Crippen LogP contribution in [0.15, 0.2) is 18.2 Å². The lowest BCUT2D eigenvalue weighted by Crippen LogP contribution is -2.19. The zero-order valence-electron chi connectivity index (χ0n) is 12.0. The van der Waals surface area contributed by atoms with Gasteiger partial charge in [0, 0.05) is 11.3 Å². The van der Waals surface area contributed by atoms with Gasteiger partial charge in [-0.15, -0.1) is 0 Å². The van der Waals surface area contributed by atoms with E-state index in [9.17, 15) is 13.2 Å². The predicted molar refractivity (Wildman–Crippen MR) is 72.7 cm³/mol. The van der Waals surface area contributed by atoms with Crippen molar-refractivity contribution in [2.45, 2.75) is 40.4 Å². The molecule has 0 radical (unpaired) electrons. The molecule has 1 heterocycles. The van der Waals surface area contributed by atoms with Gasteiger partial charge >= 0.3 is 6.18 Å². The summed E-state index contributed by atoms with van der Waals surface area (Å²) in [6.45, 7) is 6.31. The van der Waals surface area contributed by atoms with Gasteiger partial charge in [0.25, 0.3) is 0 Å². The molecule has 0 N–H and O–H groups in total. The maximum atomic E-state index is 12.6. The Morgan fingerprint density at radius 2 is 1.55 bits per heavy atom. The minimum atomic E-state index is -4.26. The molecular weight excluding hydrogens is 265 g/mol. The molecular formula is C15H17F3N2. The van der Waals surface area contributed by atoms with Crippen LogP contribution in [0.4, 0.5) is 13.2 Å². The average molecular weight is 282 g/mol. The third-order valence-corrected chi connectivity index (χ3v) is 3.44. The number of alkyl halides is 3. The lowest BCUT2D eigenvalue weighted by atomic mass is 9.94. The normalized spacial score (nSPS) is 11.9. The predicted octanol–water partition coefficient (Wildman–Crippen LogP) is 4.35. The molecule has 2 aromatic rings. The van der Waals surface area contributed by atoms with Crippen LogP contribution in [0.3, 0.4) is 0 Å². The molecule has 1 aromatic carbocycles. The van der Waals surface area contributed by atoms with Gasteiger partial charge < -0.3 is 0 Å². The SMILES string of the molecule is Cc1cccc(C)c1-c1c(C)nn(CC(F)(F)F)c1C. The molecule has 0 saturated carbocycles. The molecule has 2 rings (SSSR count). The minimum absolute atomic E-state index is 0.553. The molecule has 0 saturated heterocycles. The minimum Gasteiger partial charge on any atom is -0.260 e. The maximum absolute atomic E-state index is 12.6. The van der Waals surface area contributed by atoms with E-state index in [1.165, 1.54) is 0 Å². The number of rotatable bonds is 2. The van der Waals surface area contributed by atoms with Gasteiger partial charge in [0.1, 0.15) is 6.54 Å². The third kappa shape index (κ3) is 2.71. The summed E-state index contributed by atoms with van der Waals surface area (Å²) in [5.41, 5.74) is 5.06. The van der Waals surface area contributed by atoms with Crippen molar-refractivity contribution in [2.24, 2.45) is 0 Å². The Balaban J connectivity index is 2.59. The van der Waals surface area contributed by atoms with Crippen LogP contribution in [0, 0.1) is 27.7 Å². The maximum Gasteiger partial charge on any atom is 0.408 e. The van der Waals surface area contributed by atoms with E-state index in [0.29, 0.717) is 11.4 Å². The van der Waals surface area contributed by atoms with E-state index in [4.69, 9.17) is 0 Å². The summed E-state index contributed by atoms with van der Waals surface area (Å²) in [6.07, 6.45) is -4.26. The van der Waals surface area contributed by atoms with E-state index >= 15 is 0 Å². The van der Waals surface area contributed by atoms with Crippen LogP contribution in [-0.2, 0) is 6.54 Å². The summed E-state index contributed by atoms with van der Waals surface area (Å²) in [7, 11) is 0. The Labute approximate surface area is 116 Å². The molecule has 0 aliphatic rings.